The molecule has 0 saturated carbocycles. The van der Waals surface area contributed by atoms with Crippen molar-refractivity contribution in [2.75, 3.05) is 13.7 Å². The minimum atomic E-state index is -0.0813. The van der Waals surface area contributed by atoms with Crippen LogP contribution in [0.25, 0.3) is 11.3 Å². The molecule has 1 amide bonds. The largest absolute Gasteiger partial charge is 0.497 e. The predicted molar refractivity (Wildman–Crippen MR) is 101 cm³/mol. The molecule has 1 aliphatic rings. The predicted octanol–water partition coefficient (Wildman–Crippen LogP) is 3.55. The molecular weight excluding hydrogens is 350 g/mol. The number of hydrogen-bond donors (Lipinski definition) is 1. The van der Waals surface area contributed by atoms with Crippen LogP contribution < -0.4 is 10.1 Å². The van der Waals surface area contributed by atoms with E-state index in [2.05, 4.69) is 5.32 Å². The maximum absolute atomic E-state index is 12.5. The topological polar surface area (TPSA) is 56.1 Å². The summed E-state index contributed by atoms with van der Waals surface area (Å²) in [5, 5.41) is 8.29. The Labute approximate surface area is 156 Å². The zero-order valence-corrected chi connectivity index (χ0v) is 15.1. The lowest BCUT2D eigenvalue weighted by Gasteiger charge is -2.15. The van der Waals surface area contributed by atoms with Crippen LogP contribution in [-0.2, 0) is 13.0 Å². The first-order valence-electron chi connectivity index (χ1n) is 8.42. The first-order chi connectivity index (χ1) is 12.7. The number of nitrogens with one attached hydrogen (secondary N) is 1. The molecule has 0 saturated heterocycles. The molecule has 5 nitrogen and oxygen atoms in total. The molecule has 0 spiro atoms. The molecule has 1 aromatic heterocycles. The van der Waals surface area contributed by atoms with Crippen molar-refractivity contribution in [1.29, 1.82) is 0 Å². The number of nitrogens with zero attached hydrogens (tertiary/aromatic N) is 2. The van der Waals surface area contributed by atoms with Crippen molar-refractivity contribution >= 4 is 17.5 Å². The molecule has 0 bridgehead atoms. The molecular formula is C20H18ClN3O2. The molecule has 0 aliphatic carbocycles. The van der Waals surface area contributed by atoms with Crippen molar-refractivity contribution in [2.45, 2.75) is 13.0 Å². The van der Waals surface area contributed by atoms with Gasteiger partial charge in [-0.1, -0.05) is 35.9 Å². The Hall–Kier alpha value is -2.79. The van der Waals surface area contributed by atoms with Gasteiger partial charge >= 0.3 is 0 Å². The first-order valence-corrected chi connectivity index (χ1v) is 8.80. The average Bonchev–Trinajstić information content (AvgIpc) is 3.02. The van der Waals surface area contributed by atoms with Gasteiger partial charge in [-0.15, -0.1) is 0 Å². The van der Waals surface area contributed by atoms with E-state index >= 15 is 0 Å². The lowest BCUT2D eigenvalue weighted by atomic mass is 10.0. The number of halogens is 1. The quantitative estimate of drug-likeness (QED) is 0.767. The number of amides is 1. The molecule has 3 aromatic rings. The minimum Gasteiger partial charge on any atom is -0.497 e. The second-order valence-electron chi connectivity index (χ2n) is 6.19. The van der Waals surface area contributed by atoms with Crippen LogP contribution in [0.15, 0.2) is 48.5 Å². The summed E-state index contributed by atoms with van der Waals surface area (Å²) in [7, 11) is 1.65. The van der Waals surface area contributed by atoms with Crippen LogP contribution in [0.2, 0.25) is 5.02 Å². The smallest absolute Gasteiger partial charge is 0.255 e. The number of methoxy groups -OCH3 is 1. The van der Waals surface area contributed by atoms with E-state index in [1.54, 1.807) is 7.11 Å². The normalized spacial score (nSPS) is 13.2. The van der Waals surface area contributed by atoms with Crippen molar-refractivity contribution in [1.82, 2.24) is 15.1 Å². The SMILES string of the molecule is COc1ccc(Cn2nc(-c3cccc(Cl)c3)c3c2CCNC3=O)cc1. The summed E-state index contributed by atoms with van der Waals surface area (Å²) in [5.41, 5.74) is 4.22. The summed E-state index contributed by atoms with van der Waals surface area (Å²) < 4.78 is 7.13. The van der Waals surface area contributed by atoms with E-state index in [-0.39, 0.29) is 5.91 Å². The Balaban J connectivity index is 1.77. The second kappa shape index (κ2) is 6.84. The molecule has 4 rings (SSSR count). The number of fused-ring (bicyclic) bond motifs is 1. The zero-order chi connectivity index (χ0) is 18.1. The Morgan fingerprint density at radius 2 is 2.04 bits per heavy atom. The van der Waals surface area contributed by atoms with E-state index in [9.17, 15) is 4.79 Å². The fraction of sp³-hybridized carbons (Fsp3) is 0.200. The van der Waals surface area contributed by atoms with Gasteiger partial charge in [-0.25, -0.2) is 0 Å². The van der Waals surface area contributed by atoms with Crippen molar-refractivity contribution in [3.05, 3.63) is 70.4 Å². The van der Waals surface area contributed by atoms with Crippen molar-refractivity contribution in [3.63, 3.8) is 0 Å². The molecule has 0 atom stereocenters. The number of hydrogen-bond acceptors (Lipinski definition) is 3. The Kier molecular flexibility index (Phi) is 4.39. The van der Waals surface area contributed by atoms with Crippen molar-refractivity contribution < 1.29 is 9.53 Å². The maximum Gasteiger partial charge on any atom is 0.255 e. The second-order valence-corrected chi connectivity index (χ2v) is 6.63. The van der Waals surface area contributed by atoms with Gasteiger partial charge in [-0.3, -0.25) is 9.48 Å². The fourth-order valence-corrected chi connectivity index (χ4v) is 3.44. The lowest BCUT2D eigenvalue weighted by molar-refractivity contribution is 0.0946. The van der Waals surface area contributed by atoms with E-state index < -0.39 is 0 Å². The van der Waals surface area contributed by atoms with Crippen LogP contribution in [0.3, 0.4) is 0 Å². The number of aromatic nitrogens is 2. The first kappa shape index (κ1) is 16.7. The Bertz CT molecular complexity index is 964. The van der Waals surface area contributed by atoms with Crippen LogP contribution in [0.1, 0.15) is 21.6 Å². The number of carbonyl (C=O) groups excluding carboxylic acids is 1. The van der Waals surface area contributed by atoms with Crippen LogP contribution in [0.5, 0.6) is 5.75 Å². The van der Waals surface area contributed by atoms with Gasteiger partial charge in [0, 0.05) is 23.6 Å². The molecule has 132 valence electrons. The molecule has 1 N–H and O–H groups in total. The number of carbonyl (C=O) groups is 1. The molecule has 1 aliphatic heterocycles. The summed E-state index contributed by atoms with van der Waals surface area (Å²) >= 11 is 6.13. The fourth-order valence-electron chi connectivity index (χ4n) is 3.24. The van der Waals surface area contributed by atoms with E-state index in [4.69, 9.17) is 21.4 Å². The summed E-state index contributed by atoms with van der Waals surface area (Å²) in [5.74, 6) is 0.734. The number of benzene rings is 2. The van der Waals surface area contributed by atoms with Crippen molar-refractivity contribution in [3.8, 4) is 17.0 Å². The summed E-state index contributed by atoms with van der Waals surface area (Å²) in [4.78, 5) is 12.5. The third kappa shape index (κ3) is 3.06. The highest BCUT2D eigenvalue weighted by Crippen LogP contribution is 2.29. The van der Waals surface area contributed by atoms with Gasteiger partial charge in [0.2, 0.25) is 0 Å². The molecule has 6 heteroatoms. The molecule has 26 heavy (non-hydrogen) atoms. The van der Waals surface area contributed by atoms with Gasteiger partial charge in [-0.05, 0) is 29.8 Å². The summed E-state index contributed by atoms with van der Waals surface area (Å²) in [6.45, 7) is 1.22. The van der Waals surface area contributed by atoms with Gasteiger partial charge in [0.1, 0.15) is 11.4 Å². The Morgan fingerprint density at radius 1 is 1.23 bits per heavy atom. The van der Waals surface area contributed by atoms with Gasteiger partial charge in [0.05, 0.1) is 24.9 Å². The third-order valence-corrected chi connectivity index (χ3v) is 4.76. The highest BCUT2D eigenvalue weighted by Gasteiger charge is 2.27. The van der Waals surface area contributed by atoms with Crippen molar-refractivity contribution in [2.24, 2.45) is 0 Å². The van der Waals surface area contributed by atoms with Crippen LogP contribution >= 0.6 is 11.6 Å². The summed E-state index contributed by atoms with van der Waals surface area (Å²) in [6, 6.07) is 15.3. The van der Waals surface area contributed by atoms with E-state index in [0.717, 1.165) is 29.0 Å². The molecule has 2 heterocycles. The van der Waals surface area contributed by atoms with E-state index in [1.807, 2.05) is 53.2 Å². The van der Waals surface area contributed by atoms with Gasteiger partial charge in [-0.2, -0.15) is 5.10 Å². The summed E-state index contributed by atoms with van der Waals surface area (Å²) in [6.07, 6.45) is 0.755. The zero-order valence-electron chi connectivity index (χ0n) is 14.3. The Morgan fingerprint density at radius 3 is 2.77 bits per heavy atom. The highest BCUT2D eigenvalue weighted by atomic mass is 35.5. The average molecular weight is 368 g/mol. The van der Waals surface area contributed by atoms with Gasteiger partial charge in [0.25, 0.3) is 5.91 Å². The molecule has 0 unspecified atom stereocenters. The van der Waals surface area contributed by atoms with E-state index in [0.29, 0.717) is 29.4 Å². The molecule has 0 radical (unpaired) electrons. The highest BCUT2D eigenvalue weighted by molar-refractivity contribution is 6.30. The maximum atomic E-state index is 12.5. The number of ether oxygens (including phenoxy) is 1. The van der Waals surface area contributed by atoms with Gasteiger partial charge in [0.15, 0.2) is 0 Å². The molecule has 0 fully saturated rings. The van der Waals surface area contributed by atoms with Crippen LogP contribution in [0, 0.1) is 0 Å². The lowest BCUT2D eigenvalue weighted by Crippen LogP contribution is -2.32. The molecule has 2 aromatic carbocycles. The van der Waals surface area contributed by atoms with Gasteiger partial charge < -0.3 is 10.1 Å². The van der Waals surface area contributed by atoms with E-state index in [1.165, 1.54) is 0 Å². The third-order valence-electron chi connectivity index (χ3n) is 4.52. The number of rotatable bonds is 4. The minimum absolute atomic E-state index is 0.0813. The van der Waals surface area contributed by atoms with Crippen LogP contribution in [0.4, 0.5) is 0 Å². The monoisotopic (exact) mass is 367 g/mol. The standard InChI is InChI=1S/C20H18ClN3O2/c1-26-16-7-5-13(6-8-16)12-24-17-9-10-22-20(25)18(17)19(23-24)14-3-2-4-15(21)11-14/h2-8,11H,9-10,12H2,1H3,(H,22,25). The van der Waals surface area contributed by atoms with Crippen LogP contribution in [-0.4, -0.2) is 29.3 Å².